The number of nitrogens with two attached hydrogens (primary N) is 2. The largest absolute Gasteiger partial charge is 0.459 e. The molecular weight excluding hydrogens is 530 g/mol. The van der Waals surface area contributed by atoms with Gasteiger partial charge in [-0.25, -0.2) is 4.79 Å². The quantitative estimate of drug-likeness (QED) is 0.175. The Morgan fingerprint density at radius 3 is 1.90 bits per heavy atom. The monoisotopic (exact) mass is 579 g/mol. The maximum Gasteiger partial charge on any atom is 0.328 e. The zero-order chi connectivity index (χ0) is 31.0. The molecule has 1 aliphatic carbocycles. The Kier molecular flexibility index (Phi) is 21.2. The summed E-state index contributed by atoms with van der Waals surface area (Å²) in [6.45, 7) is 3.08. The number of ether oxygens (including phenoxy) is 1. The van der Waals surface area contributed by atoms with E-state index in [0.717, 1.165) is 12.7 Å². The van der Waals surface area contributed by atoms with Gasteiger partial charge in [0, 0.05) is 13.5 Å². The first-order chi connectivity index (χ1) is 19.6. The third-order valence-electron chi connectivity index (χ3n) is 5.99. The maximum atomic E-state index is 12.5. The lowest BCUT2D eigenvalue weighted by Gasteiger charge is -2.21. The molecule has 1 aromatic rings. The van der Waals surface area contributed by atoms with Crippen LogP contribution in [0, 0.1) is 5.92 Å². The Morgan fingerprint density at radius 1 is 0.878 bits per heavy atom. The SMILES string of the molecule is C1CCCCC1.CC(C)CC(NC(=O)CNC(=O)[C@H](CCC(N)=O)NC(=O)CN)C(=O)OCc1ccccc1.CO. The van der Waals surface area contributed by atoms with E-state index in [1.807, 2.05) is 44.2 Å². The van der Waals surface area contributed by atoms with Crippen molar-refractivity contribution < 1.29 is 33.8 Å². The fraction of sp³-hybridized carbons (Fsp3) is 0.621. The van der Waals surface area contributed by atoms with Crippen molar-refractivity contribution in [3.63, 3.8) is 0 Å². The second kappa shape index (κ2) is 23.2. The van der Waals surface area contributed by atoms with E-state index in [-0.39, 0.29) is 31.9 Å². The lowest BCUT2D eigenvalue weighted by molar-refractivity contribution is -0.149. The average Bonchev–Trinajstić information content (AvgIpc) is 2.98. The van der Waals surface area contributed by atoms with Crippen LogP contribution in [0.2, 0.25) is 0 Å². The number of aliphatic hydroxyl groups excluding tert-OH is 1. The predicted octanol–water partition coefficient (Wildman–Crippen LogP) is 1.04. The average molecular weight is 580 g/mol. The van der Waals surface area contributed by atoms with E-state index in [1.54, 1.807) is 0 Å². The van der Waals surface area contributed by atoms with Crippen molar-refractivity contribution in [2.24, 2.45) is 17.4 Å². The van der Waals surface area contributed by atoms with Gasteiger partial charge in [0.05, 0.1) is 13.1 Å². The Balaban J connectivity index is 0.00000173. The second-order valence-electron chi connectivity index (χ2n) is 10.0. The first-order valence-corrected chi connectivity index (χ1v) is 14.1. The summed E-state index contributed by atoms with van der Waals surface area (Å²) in [4.78, 5) is 59.8. The van der Waals surface area contributed by atoms with Crippen LogP contribution in [0.4, 0.5) is 0 Å². The van der Waals surface area contributed by atoms with Crippen molar-refractivity contribution in [3.8, 4) is 0 Å². The Labute approximate surface area is 243 Å². The normalized spacial score (nSPS) is 13.6. The van der Waals surface area contributed by atoms with Gasteiger partial charge in [-0.1, -0.05) is 82.7 Å². The highest BCUT2D eigenvalue weighted by Crippen LogP contribution is 2.15. The summed E-state index contributed by atoms with van der Waals surface area (Å²) in [5.74, 6) is -3.01. The van der Waals surface area contributed by atoms with Gasteiger partial charge in [-0.05, 0) is 24.3 Å². The Hall–Kier alpha value is -3.51. The third-order valence-corrected chi connectivity index (χ3v) is 5.99. The topological polar surface area (TPSA) is 203 Å². The molecule has 0 aliphatic heterocycles. The molecule has 8 N–H and O–H groups in total. The van der Waals surface area contributed by atoms with Crippen molar-refractivity contribution in [2.75, 3.05) is 20.2 Å². The molecule has 1 aliphatic rings. The molecule has 0 spiro atoms. The number of amides is 4. The van der Waals surface area contributed by atoms with Gasteiger partial charge in [0.1, 0.15) is 18.7 Å². The van der Waals surface area contributed by atoms with Crippen LogP contribution in [-0.2, 0) is 35.3 Å². The molecule has 2 rings (SSSR count). The van der Waals surface area contributed by atoms with Gasteiger partial charge >= 0.3 is 5.97 Å². The van der Waals surface area contributed by atoms with E-state index in [9.17, 15) is 24.0 Å². The van der Waals surface area contributed by atoms with E-state index < -0.39 is 48.2 Å². The zero-order valence-corrected chi connectivity index (χ0v) is 24.7. The molecule has 0 aromatic heterocycles. The predicted molar refractivity (Wildman–Crippen MR) is 156 cm³/mol. The van der Waals surface area contributed by atoms with E-state index in [1.165, 1.54) is 38.5 Å². The number of primary amides is 1. The minimum absolute atomic E-state index is 0.0453. The van der Waals surface area contributed by atoms with Crippen LogP contribution in [0.1, 0.15) is 77.2 Å². The summed E-state index contributed by atoms with van der Waals surface area (Å²) in [6.07, 6.45) is 9.16. The fourth-order valence-electron chi connectivity index (χ4n) is 3.92. The molecule has 12 heteroatoms. The van der Waals surface area contributed by atoms with Crippen LogP contribution in [0.15, 0.2) is 30.3 Å². The van der Waals surface area contributed by atoms with Crippen LogP contribution in [0.3, 0.4) is 0 Å². The fourth-order valence-corrected chi connectivity index (χ4v) is 3.92. The summed E-state index contributed by atoms with van der Waals surface area (Å²) in [5, 5.41) is 14.3. The molecule has 2 atom stereocenters. The number of carbonyl (C=O) groups excluding carboxylic acids is 5. The van der Waals surface area contributed by atoms with Crippen molar-refractivity contribution in [1.82, 2.24) is 16.0 Å². The number of esters is 1. The maximum absolute atomic E-state index is 12.5. The lowest BCUT2D eigenvalue weighted by atomic mass is 10.0. The highest BCUT2D eigenvalue weighted by Gasteiger charge is 2.25. The molecule has 41 heavy (non-hydrogen) atoms. The number of benzene rings is 1. The van der Waals surface area contributed by atoms with Gasteiger partial charge < -0.3 is 37.3 Å². The molecule has 1 aromatic carbocycles. The molecule has 0 heterocycles. The number of hydrogen-bond donors (Lipinski definition) is 6. The van der Waals surface area contributed by atoms with Crippen LogP contribution in [0.5, 0.6) is 0 Å². The number of hydrogen-bond acceptors (Lipinski definition) is 8. The first-order valence-electron chi connectivity index (χ1n) is 14.1. The molecule has 0 saturated heterocycles. The van der Waals surface area contributed by atoms with Gasteiger partial charge in [-0.3, -0.25) is 19.2 Å². The molecule has 12 nitrogen and oxygen atoms in total. The molecular formula is C29H49N5O7. The van der Waals surface area contributed by atoms with Crippen molar-refractivity contribution in [2.45, 2.75) is 90.3 Å². The number of carbonyl (C=O) groups is 5. The molecule has 1 unspecified atom stereocenters. The van der Waals surface area contributed by atoms with E-state index in [4.69, 9.17) is 21.3 Å². The van der Waals surface area contributed by atoms with Crippen molar-refractivity contribution in [1.29, 1.82) is 0 Å². The highest BCUT2D eigenvalue weighted by atomic mass is 16.5. The second-order valence-corrected chi connectivity index (χ2v) is 10.0. The van der Waals surface area contributed by atoms with Gasteiger partial charge in [0.25, 0.3) is 0 Å². The molecule has 232 valence electrons. The van der Waals surface area contributed by atoms with Crippen molar-refractivity contribution >= 4 is 29.6 Å². The van der Waals surface area contributed by atoms with E-state index in [0.29, 0.717) is 6.42 Å². The molecule has 4 amide bonds. The molecule has 0 bridgehead atoms. The summed E-state index contributed by atoms with van der Waals surface area (Å²) >= 11 is 0. The standard InChI is InChI=1S/C22H33N5O6.C6H12.CH4O/c1-14(2)10-17(22(32)33-13-15-6-4-3-5-7-15)27-20(30)12-25-21(31)16(8-9-18(24)28)26-19(29)11-23;1-2-4-6-5-3-1;1-2/h3-7,14,16-17H,8-13,23H2,1-2H3,(H2,24,28)(H,25,31)(H,26,29)(H,27,30);1-6H2;2H,1H3/t16-,17?;;/m0../s1. The molecule has 1 saturated carbocycles. The van der Waals surface area contributed by atoms with Crippen LogP contribution < -0.4 is 27.4 Å². The van der Waals surface area contributed by atoms with Crippen LogP contribution >= 0.6 is 0 Å². The van der Waals surface area contributed by atoms with Crippen molar-refractivity contribution in [3.05, 3.63) is 35.9 Å². The summed E-state index contributed by atoms with van der Waals surface area (Å²) in [5.41, 5.74) is 11.1. The third kappa shape index (κ3) is 19.2. The Bertz CT molecular complexity index is 897. The molecule has 1 fully saturated rings. The van der Waals surface area contributed by atoms with E-state index >= 15 is 0 Å². The minimum atomic E-state index is -1.08. The summed E-state index contributed by atoms with van der Waals surface area (Å²) in [7, 11) is 1.00. The molecule has 0 radical (unpaired) electrons. The van der Waals surface area contributed by atoms with Crippen LogP contribution in [-0.4, -0.2) is 67.0 Å². The summed E-state index contributed by atoms with van der Waals surface area (Å²) in [6, 6.07) is 7.16. The summed E-state index contributed by atoms with van der Waals surface area (Å²) < 4.78 is 5.32. The van der Waals surface area contributed by atoms with E-state index in [2.05, 4.69) is 16.0 Å². The van der Waals surface area contributed by atoms with Gasteiger partial charge in [-0.15, -0.1) is 0 Å². The number of rotatable bonds is 14. The Morgan fingerprint density at radius 2 is 1.41 bits per heavy atom. The zero-order valence-electron chi connectivity index (χ0n) is 24.7. The number of nitrogens with one attached hydrogen (secondary N) is 3. The minimum Gasteiger partial charge on any atom is -0.459 e. The van der Waals surface area contributed by atoms with Gasteiger partial charge in [0.2, 0.25) is 23.6 Å². The van der Waals surface area contributed by atoms with Gasteiger partial charge in [-0.2, -0.15) is 0 Å². The highest BCUT2D eigenvalue weighted by molar-refractivity contribution is 5.92. The van der Waals surface area contributed by atoms with Gasteiger partial charge in [0.15, 0.2) is 0 Å². The first kappa shape index (κ1) is 37.5. The van der Waals surface area contributed by atoms with Crippen LogP contribution in [0.25, 0.3) is 0 Å². The lowest BCUT2D eigenvalue weighted by Crippen LogP contribution is -2.52. The smallest absolute Gasteiger partial charge is 0.328 e. The number of aliphatic hydroxyl groups is 1.